The molecule has 0 saturated carbocycles. The predicted octanol–water partition coefficient (Wildman–Crippen LogP) is 2.64. The summed E-state index contributed by atoms with van der Waals surface area (Å²) in [5, 5.41) is 5.81. The maximum atomic E-state index is 4.03. The van der Waals surface area contributed by atoms with E-state index in [0.29, 0.717) is 6.04 Å². The molecule has 1 atom stereocenters. The Labute approximate surface area is 98.9 Å². The second-order valence-electron chi connectivity index (χ2n) is 4.20. The number of aryl methyl sites for hydroxylation is 1. The first-order valence-electron chi connectivity index (χ1n) is 5.70. The highest BCUT2D eigenvalue weighted by atomic mass is 32.1. The number of H-pyrrole nitrogens is 1. The summed E-state index contributed by atoms with van der Waals surface area (Å²) >= 11 is 1.89. The lowest BCUT2D eigenvalue weighted by molar-refractivity contribution is 0.460. The summed E-state index contributed by atoms with van der Waals surface area (Å²) in [5.74, 6) is 0. The number of imidazole rings is 1. The number of hydrogen-bond acceptors (Lipinski definition) is 3. The van der Waals surface area contributed by atoms with Gasteiger partial charge < -0.3 is 10.3 Å². The van der Waals surface area contributed by atoms with Crippen LogP contribution in [0.3, 0.4) is 0 Å². The molecule has 2 N–H and O–H groups in total. The van der Waals surface area contributed by atoms with Crippen molar-refractivity contribution >= 4 is 11.3 Å². The molecule has 84 valence electrons. The van der Waals surface area contributed by atoms with E-state index < -0.39 is 0 Å². The van der Waals surface area contributed by atoms with Gasteiger partial charge >= 0.3 is 0 Å². The minimum atomic E-state index is 0.526. The minimum Gasteiger partial charge on any atom is -0.347 e. The summed E-state index contributed by atoms with van der Waals surface area (Å²) in [6.45, 7) is 0.875. The third-order valence-corrected chi connectivity index (χ3v) is 4.14. The normalized spacial score (nSPS) is 19.6. The lowest BCUT2D eigenvalue weighted by Gasteiger charge is -2.23. The van der Waals surface area contributed by atoms with Crippen LogP contribution in [0, 0.1) is 0 Å². The van der Waals surface area contributed by atoms with Crippen molar-refractivity contribution < 1.29 is 0 Å². The van der Waals surface area contributed by atoms with Gasteiger partial charge in [0.1, 0.15) is 0 Å². The Balaban J connectivity index is 1.69. The third-order valence-electron chi connectivity index (χ3n) is 3.15. The third kappa shape index (κ3) is 1.90. The molecule has 4 heteroatoms. The van der Waals surface area contributed by atoms with E-state index >= 15 is 0 Å². The minimum absolute atomic E-state index is 0.526. The van der Waals surface area contributed by atoms with Crippen LogP contribution in [-0.2, 0) is 13.0 Å². The van der Waals surface area contributed by atoms with Crippen molar-refractivity contribution in [1.82, 2.24) is 15.3 Å². The Morgan fingerprint density at radius 1 is 1.56 bits per heavy atom. The van der Waals surface area contributed by atoms with Gasteiger partial charge in [0, 0.05) is 29.4 Å². The molecule has 0 radical (unpaired) electrons. The molecule has 0 aliphatic heterocycles. The Bertz CT molecular complexity index is 447. The molecule has 2 heterocycles. The van der Waals surface area contributed by atoms with E-state index in [-0.39, 0.29) is 0 Å². The standard InChI is InChI=1S/C12H15N3S/c1-2-11(10-4-5-16-12(10)3-1)14-7-9-6-13-8-15-9/h4-6,8,11,14H,1-3,7H2,(H,13,15). The number of hydrogen-bond donors (Lipinski definition) is 2. The molecule has 0 fully saturated rings. The van der Waals surface area contributed by atoms with Crippen LogP contribution in [0.4, 0.5) is 0 Å². The Hall–Kier alpha value is -1.13. The fourth-order valence-corrected chi connectivity index (χ4v) is 3.30. The smallest absolute Gasteiger partial charge is 0.0922 e. The molecule has 0 aromatic carbocycles. The quantitative estimate of drug-likeness (QED) is 0.855. The van der Waals surface area contributed by atoms with Gasteiger partial charge in [0.25, 0.3) is 0 Å². The second kappa shape index (κ2) is 4.39. The van der Waals surface area contributed by atoms with E-state index in [1.807, 2.05) is 17.5 Å². The summed E-state index contributed by atoms with van der Waals surface area (Å²) in [4.78, 5) is 8.71. The van der Waals surface area contributed by atoms with E-state index in [1.54, 1.807) is 11.2 Å². The predicted molar refractivity (Wildman–Crippen MR) is 65.4 cm³/mol. The van der Waals surface area contributed by atoms with Crippen LogP contribution in [0.1, 0.15) is 35.0 Å². The van der Waals surface area contributed by atoms with Gasteiger partial charge in [0.15, 0.2) is 0 Å². The Kier molecular flexibility index (Phi) is 2.76. The van der Waals surface area contributed by atoms with Crippen LogP contribution in [0.2, 0.25) is 0 Å². The maximum absolute atomic E-state index is 4.03. The molecule has 1 unspecified atom stereocenters. The molecule has 2 aromatic rings. The van der Waals surface area contributed by atoms with Crippen molar-refractivity contribution in [2.75, 3.05) is 0 Å². The molecular weight excluding hydrogens is 218 g/mol. The number of nitrogens with zero attached hydrogens (tertiary/aromatic N) is 1. The van der Waals surface area contributed by atoms with Crippen LogP contribution >= 0.6 is 11.3 Å². The number of aromatic amines is 1. The van der Waals surface area contributed by atoms with Gasteiger partial charge in [-0.15, -0.1) is 11.3 Å². The van der Waals surface area contributed by atoms with Gasteiger partial charge in [-0.25, -0.2) is 4.98 Å². The molecule has 0 saturated heterocycles. The monoisotopic (exact) mass is 233 g/mol. The molecule has 0 bridgehead atoms. The highest BCUT2D eigenvalue weighted by molar-refractivity contribution is 7.10. The first kappa shape index (κ1) is 10.1. The van der Waals surface area contributed by atoms with Gasteiger partial charge in [0.2, 0.25) is 0 Å². The van der Waals surface area contributed by atoms with Gasteiger partial charge in [-0.3, -0.25) is 0 Å². The molecule has 1 aliphatic carbocycles. The topological polar surface area (TPSA) is 40.7 Å². The highest BCUT2D eigenvalue weighted by Crippen LogP contribution is 2.33. The molecule has 16 heavy (non-hydrogen) atoms. The van der Waals surface area contributed by atoms with Crippen molar-refractivity contribution in [2.24, 2.45) is 0 Å². The summed E-state index contributed by atoms with van der Waals surface area (Å²) < 4.78 is 0. The average Bonchev–Trinajstić information content (AvgIpc) is 2.97. The van der Waals surface area contributed by atoms with E-state index in [9.17, 15) is 0 Å². The van der Waals surface area contributed by atoms with Crippen molar-refractivity contribution in [3.8, 4) is 0 Å². The largest absolute Gasteiger partial charge is 0.347 e. The number of fused-ring (bicyclic) bond motifs is 1. The van der Waals surface area contributed by atoms with Crippen molar-refractivity contribution in [1.29, 1.82) is 0 Å². The molecule has 0 amide bonds. The van der Waals surface area contributed by atoms with Crippen LogP contribution in [-0.4, -0.2) is 9.97 Å². The Morgan fingerprint density at radius 3 is 3.44 bits per heavy atom. The van der Waals surface area contributed by atoms with Crippen LogP contribution < -0.4 is 5.32 Å². The van der Waals surface area contributed by atoms with E-state index in [0.717, 1.165) is 12.2 Å². The molecule has 1 aliphatic rings. The zero-order chi connectivity index (χ0) is 10.8. The van der Waals surface area contributed by atoms with Gasteiger partial charge in [-0.05, 0) is 36.3 Å². The number of rotatable bonds is 3. The number of thiophene rings is 1. The zero-order valence-electron chi connectivity index (χ0n) is 9.07. The van der Waals surface area contributed by atoms with Crippen molar-refractivity contribution in [3.63, 3.8) is 0 Å². The zero-order valence-corrected chi connectivity index (χ0v) is 9.89. The van der Waals surface area contributed by atoms with E-state index in [1.165, 1.54) is 24.8 Å². The van der Waals surface area contributed by atoms with Gasteiger partial charge in [-0.1, -0.05) is 0 Å². The van der Waals surface area contributed by atoms with Crippen molar-refractivity contribution in [3.05, 3.63) is 40.1 Å². The fourth-order valence-electron chi connectivity index (χ4n) is 2.31. The average molecular weight is 233 g/mol. The van der Waals surface area contributed by atoms with Gasteiger partial charge in [-0.2, -0.15) is 0 Å². The number of aromatic nitrogens is 2. The first-order valence-corrected chi connectivity index (χ1v) is 6.58. The summed E-state index contributed by atoms with van der Waals surface area (Å²) in [6.07, 6.45) is 7.42. The molecule has 0 spiro atoms. The van der Waals surface area contributed by atoms with Crippen molar-refractivity contribution in [2.45, 2.75) is 31.8 Å². The van der Waals surface area contributed by atoms with Crippen LogP contribution in [0.15, 0.2) is 24.0 Å². The molecular formula is C12H15N3S. The Morgan fingerprint density at radius 2 is 2.56 bits per heavy atom. The van der Waals surface area contributed by atoms with Crippen LogP contribution in [0.5, 0.6) is 0 Å². The molecule has 2 aromatic heterocycles. The lowest BCUT2D eigenvalue weighted by Crippen LogP contribution is -2.23. The number of nitrogens with one attached hydrogen (secondary N) is 2. The molecule has 3 nitrogen and oxygen atoms in total. The van der Waals surface area contributed by atoms with Crippen LogP contribution in [0.25, 0.3) is 0 Å². The lowest BCUT2D eigenvalue weighted by atomic mass is 9.94. The molecule has 3 rings (SSSR count). The maximum Gasteiger partial charge on any atom is 0.0922 e. The van der Waals surface area contributed by atoms with Gasteiger partial charge in [0.05, 0.1) is 6.33 Å². The summed E-state index contributed by atoms with van der Waals surface area (Å²) in [5.41, 5.74) is 2.66. The summed E-state index contributed by atoms with van der Waals surface area (Å²) in [6, 6.07) is 2.79. The highest BCUT2D eigenvalue weighted by Gasteiger charge is 2.20. The summed E-state index contributed by atoms with van der Waals surface area (Å²) in [7, 11) is 0. The van der Waals surface area contributed by atoms with E-state index in [2.05, 4.69) is 26.7 Å². The first-order chi connectivity index (χ1) is 7.93. The van der Waals surface area contributed by atoms with E-state index in [4.69, 9.17) is 0 Å². The fraction of sp³-hybridized carbons (Fsp3) is 0.417. The SMILES string of the molecule is c1ncc(CNC2CCCc3sccc32)[nH]1. The second-order valence-corrected chi connectivity index (χ2v) is 5.20.